The molecule has 2 atom stereocenters. The molecule has 4 N–H and O–H groups in total. The van der Waals surface area contributed by atoms with Crippen LogP contribution in [-0.4, -0.2) is 21.2 Å². The first-order valence-corrected chi connectivity index (χ1v) is 18.0. The molecule has 0 fully saturated rings. The van der Waals surface area contributed by atoms with E-state index in [1.807, 2.05) is 0 Å². The molecule has 278 valence electrons. The monoisotopic (exact) mass is 739 g/mol. The molecular weight excluding hydrogens is 681 g/mol. The Kier molecular flexibility index (Phi) is 16.1. The van der Waals surface area contributed by atoms with E-state index in [9.17, 15) is 15.0 Å². The summed E-state index contributed by atoms with van der Waals surface area (Å²) in [6.07, 6.45) is 0. The number of carbonyl (C=O) groups excluding carboxylic acids is 1. The second-order valence-electron chi connectivity index (χ2n) is 14.8. The van der Waals surface area contributed by atoms with Gasteiger partial charge in [0, 0.05) is 16.9 Å². The van der Waals surface area contributed by atoms with E-state index >= 15 is 0 Å². The van der Waals surface area contributed by atoms with Gasteiger partial charge in [0.2, 0.25) is 0 Å². The molecule has 2 unspecified atom stereocenters. The minimum Gasteiger partial charge on any atom is -0.545 e. The Morgan fingerprint density at radius 1 is 0.549 bits per heavy atom. The summed E-state index contributed by atoms with van der Waals surface area (Å²) in [7, 11) is 0. The molecule has 0 spiro atoms. The van der Waals surface area contributed by atoms with Crippen molar-refractivity contribution in [2.45, 2.75) is 125 Å². The Balaban J connectivity index is 0.000000505. The quantitative estimate of drug-likeness (QED) is 0.107. The number of pyridine rings is 1. The van der Waals surface area contributed by atoms with Crippen molar-refractivity contribution in [1.29, 1.82) is 0 Å². The zero-order valence-corrected chi connectivity index (χ0v) is 33.4. The van der Waals surface area contributed by atoms with E-state index in [0.717, 1.165) is 11.4 Å². The molecule has 0 saturated heterocycles. The van der Waals surface area contributed by atoms with Crippen molar-refractivity contribution < 1.29 is 36.9 Å². The number of carboxylic acid groups (broad SMARTS) is 1. The second-order valence-corrected chi connectivity index (χ2v) is 14.8. The van der Waals surface area contributed by atoms with Gasteiger partial charge in [-0.15, -0.1) is 0 Å². The van der Waals surface area contributed by atoms with Gasteiger partial charge in [-0.2, -0.15) is 0 Å². The Bertz CT molecular complexity index is 1610. The van der Waals surface area contributed by atoms with E-state index in [-0.39, 0.29) is 40.3 Å². The number of hydrogen-bond donors (Lipinski definition) is 4. The maximum absolute atomic E-state index is 10.7. The Labute approximate surface area is 316 Å². The minimum atomic E-state index is -1.48. The summed E-state index contributed by atoms with van der Waals surface area (Å²) in [6, 6.07) is 22.7. The molecule has 4 aromatic rings. The number of benzene rings is 3. The van der Waals surface area contributed by atoms with Gasteiger partial charge < -0.3 is 30.7 Å². The number of aromatic carboxylic acids is 1. The number of para-hydroxylation sites is 2. The fourth-order valence-corrected chi connectivity index (χ4v) is 6.26. The van der Waals surface area contributed by atoms with Gasteiger partial charge in [0.05, 0.1) is 29.4 Å². The fraction of sp³-hybridized carbons (Fsp3) is 0.442. The third kappa shape index (κ3) is 10.7. The molecule has 0 aliphatic carbocycles. The number of carboxylic acids is 1. The van der Waals surface area contributed by atoms with Crippen LogP contribution in [0.4, 0.5) is 11.4 Å². The second kappa shape index (κ2) is 19.0. The molecule has 0 radical (unpaired) electrons. The number of nitrogens with one attached hydrogen (secondary N) is 2. The van der Waals surface area contributed by atoms with Crippen molar-refractivity contribution in [3.63, 3.8) is 0 Å². The molecule has 7 nitrogen and oxygen atoms in total. The summed E-state index contributed by atoms with van der Waals surface area (Å²) in [4.78, 5) is 15.9. The SMILES string of the molecule is CC(C)c1ccc(O)c(O)c1C(=O)[O-].CC(C)c1cccc(C(C)C)c1NC(C)c1cccc(C(C)Nc2c(C(C)C)cccc2C(C)C)n1.[Co+]. The zero-order chi connectivity index (χ0) is 37.4. The van der Waals surface area contributed by atoms with Crippen LogP contribution in [0.15, 0.2) is 66.7 Å². The number of phenolic OH excluding ortho intramolecular Hbond substituents is 1. The number of anilines is 2. The third-order valence-electron chi connectivity index (χ3n) is 9.16. The number of phenols is 2. The fourth-order valence-electron chi connectivity index (χ4n) is 6.26. The summed E-state index contributed by atoms with van der Waals surface area (Å²) in [5.74, 6) is -0.798. The van der Waals surface area contributed by atoms with E-state index in [1.54, 1.807) is 13.8 Å². The van der Waals surface area contributed by atoms with Crippen LogP contribution < -0.4 is 15.7 Å². The van der Waals surface area contributed by atoms with Crippen LogP contribution in [0.1, 0.15) is 174 Å². The van der Waals surface area contributed by atoms with E-state index < -0.39 is 17.5 Å². The van der Waals surface area contributed by atoms with E-state index in [2.05, 4.69) is 134 Å². The normalized spacial score (nSPS) is 12.4. The van der Waals surface area contributed by atoms with Crippen molar-refractivity contribution in [3.8, 4) is 11.5 Å². The minimum absolute atomic E-state index is 0. The predicted octanol–water partition coefficient (Wildman–Crippen LogP) is 10.5. The molecule has 51 heavy (non-hydrogen) atoms. The first kappa shape index (κ1) is 43.2. The number of hydrogen-bond acceptors (Lipinski definition) is 7. The van der Waals surface area contributed by atoms with Crippen LogP contribution >= 0.6 is 0 Å². The number of nitrogens with zero attached hydrogens (tertiary/aromatic N) is 1. The smallest absolute Gasteiger partial charge is 0.545 e. The molecule has 1 heterocycles. The summed E-state index contributed by atoms with van der Waals surface area (Å²) in [5.41, 5.74) is 10.2. The summed E-state index contributed by atoms with van der Waals surface area (Å²) < 4.78 is 0. The maximum Gasteiger partial charge on any atom is 1.00 e. The average molecular weight is 740 g/mol. The molecule has 0 aliphatic heterocycles. The van der Waals surface area contributed by atoms with Crippen molar-refractivity contribution in [2.24, 2.45) is 0 Å². The van der Waals surface area contributed by atoms with Crippen molar-refractivity contribution in [2.75, 3.05) is 10.6 Å². The molecule has 0 aliphatic rings. The molecular formula is C43H58CoN3O4. The Hall–Kier alpha value is -4.01. The topological polar surface area (TPSA) is 118 Å². The largest absolute Gasteiger partial charge is 1.00 e. The number of aromatic nitrogens is 1. The van der Waals surface area contributed by atoms with Crippen LogP contribution in [0.25, 0.3) is 0 Å². The summed E-state index contributed by atoms with van der Waals surface area (Å²) in [5, 5.41) is 36.8. The first-order valence-electron chi connectivity index (χ1n) is 18.0. The van der Waals surface area contributed by atoms with Gasteiger partial charge in [-0.3, -0.25) is 4.98 Å². The maximum atomic E-state index is 10.7. The number of rotatable bonds is 12. The number of aromatic hydroxyl groups is 2. The average Bonchev–Trinajstić information content (AvgIpc) is 3.05. The van der Waals surface area contributed by atoms with Crippen molar-refractivity contribution in [1.82, 2.24) is 4.98 Å². The first-order chi connectivity index (χ1) is 23.5. The van der Waals surface area contributed by atoms with Gasteiger partial charge in [0.25, 0.3) is 0 Å². The molecule has 0 amide bonds. The van der Waals surface area contributed by atoms with E-state index in [1.165, 1.54) is 45.8 Å². The van der Waals surface area contributed by atoms with Gasteiger partial charge in [-0.05, 0) is 89.5 Å². The summed E-state index contributed by atoms with van der Waals surface area (Å²) in [6.45, 7) is 26.1. The van der Waals surface area contributed by atoms with Crippen LogP contribution in [0, 0.1) is 0 Å². The van der Waals surface area contributed by atoms with E-state index in [0.29, 0.717) is 29.2 Å². The van der Waals surface area contributed by atoms with Crippen LogP contribution in [0.5, 0.6) is 11.5 Å². The molecule has 8 heteroatoms. The molecule has 0 saturated carbocycles. The van der Waals surface area contributed by atoms with Gasteiger partial charge in [-0.1, -0.05) is 118 Å². The molecule has 3 aromatic carbocycles. The predicted molar refractivity (Wildman–Crippen MR) is 206 cm³/mol. The van der Waals surface area contributed by atoms with Crippen LogP contribution in [-0.2, 0) is 16.8 Å². The van der Waals surface area contributed by atoms with Crippen LogP contribution in [0.3, 0.4) is 0 Å². The van der Waals surface area contributed by atoms with Gasteiger partial charge in [0.15, 0.2) is 11.5 Å². The third-order valence-corrected chi connectivity index (χ3v) is 9.16. The van der Waals surface area contributed by atoms with Gasteiger partial charge in [-0.25, -0.2) is 0 Å². The number of carbonyl (C=O) groups is 1. The molecule has 4 rings (SSSR count). The molecule has 1 aromatic heterocycles. The van der Waals surface area contributed by atoms with Crippen molar-refractivity contribution >= 4 is 17.3 Å². The van der Waals surface area contributed by atoms with Gasteiger partial charge in [0.1, 0.15) is 0 Å². The van der Waals surface area contributed by atoms with Gasteiger partial charge >= 0.3 is 16.8 Å². The Morgan fingerprint density at radius 3 is 1.20 bits per heavy atom. The molecule has 0 bridgehead atoms. The van der Waals surface area contributed by atoms with E-state index in [4.69, 9.17) is 10.1 Å². The standard InChI is InChI=1S/C33H47N3.C10H12O4.Co/c1-20(2)26-14-11-15-27(21(3)4)32(26)34-24(9)30-18-13-19-31(36-30)25(10)35-33-28(22(5)6)16-12-17-29(33)23(7)8;1-5(2)6-3-4-7(11)9(12)8(6)10(13)14;/h11-25,34-35H,1-10H3;3-5,11-12H,1-2H3,(H,13,14);/q;;+1/p-1. The van der Waals surface area contributed by atoms with Crippen LogP contribution in [0.2, 0.25) is 0 Å². The summed E-state index contributed by atoms with van der Waals surface area (Å²) >= 11 is 0. The Morgan fingerprint density at radius 2 is 0.882 bits per heavy atom. The van der Waals surface area contributed by atoms with Crippen molar-refractivity contribution in [3.05, 3.63) is 111 Å². The zero-order valence-electron chi connectivity index (χ0n) is 32.4.